The molecule has 1 aromatic carbocycles. The number of benzene rings is 1. The lowest BCUT2D eigenvalue weighted by Crippen LogP contribution is -2.19. The Morgan fingerprint density at radius 1 is 1.33 bits per heavy atom. The van der Waals surface area contributed by atoms with Crippen LogP contribution in [0.4, 0.5) is 4.39 Å². The van der Waals surface area contributed by atoms with Gasteiger partial charge in [0, 0.05) is 0 Å². The fourth-order valence-electron chi connectivity index (χ4n) is 0.842. The standard InChI is InChI=1S/C9H9FNO/c1-6(9(11)12)7-2-4-8(10)5-3-7/h2-5H,1H3,(H2,11,12). The first-order valence-corrected chi connectivity index (χ1v) is 3.50. The number of carbonyl (C=O) groups excluding carboxylic acids is 1. The number of rotatable bonds is 2. The number of hydrogen-bond acceptors (Lipinski definition) is 1. The van der Waals surface area contributed by atoms with Crippen molar-refractivity contribution in [3.8, 4) is 0 Å². The lowest BCUT2D eigenvalue weighted by atomic mass is 10.0. The van der Waals surface area contributed by atoms with Gasteiger partial charge in [0.1, 0.15) is 5.82 Å². The van der Waals surface area contributed by atoms with Crippen LogP contribution in [0.1, 0.15) is 12.5 Å². The third kappa shape index (κ3) is 1.81. The summed E-state index contributed by atoms with van der Waals surface area (Å²) in [6.45, 7) is 1.61. The summed E-state index contributed by atoms with van der Waals surface area (Å²) in [7, 11) is 0. The third-order valence-electron chi connectivity index (χ3n) is 1.65. The zero-order valence-corrected chi connectivity index (χ0v) is 6.67. The van der Waals surface area contributed by atoms with E-state index in [2.05, 4.69) is 0 Å². The van der Waals surface area contributed by atoms with Gasteiger partial charge in [0.25, 0.3) is 0 Å². The van der Waals surface area contributed by atoms with Crippen molar-refractivity contribution in [1.29, 1.82) is 0 Å². The first-order valence-electron chi connectivity index (χ1n) is 3.50. The summed E-state index contributed by atoms with van der Waals surface area (Å²) in [4.78, 5) is 10.7. The zero-order chi connectivity index (χ0) is 9.14. The summed E-state index contributed by atoms with van der Waals surface area (Å²) in [5, 5.41) is 0. The van der Waals surface area contributed by atoms with Crippen molar-refractivity contribution in [2.75, 3.05) is 0 Å². The molecule has 0 aliphatic heterocycles. The Morgan fingerprint density at radius 3 is 2.25 bits per heavy atom. The second-order valence-electron chi connectivity index (χ2n) is 2.50. The highest BCUT2D eigenvalue weighted by Gasteiger charge is 2.11. The van der Waals surface area contributed by atoms with Crippen LogP contribution in [0.3, 0.4) is 0 Å². The second-order valence-corrected chi connectivity index (χ2v) is 2.50. The highest BCUT2D eigenvalue weighted by molar-refractivity contribution is 5.92. The van der Waals surface area contributed by atoms with E-state index < -0.39 is 5.91 Å². The highest BCUT2D eigenvalue weighted by atomic mass is 19.1. The van der Waals surface area contributed by atoms with Gasteiger partial charge in [-0.25, -0.2) is 4.39 Å². The van der Waals surface area contributed by atoms with Crippen LogP contribution in [0.15, 0.2) is 24.3 Å². The van der Waals surface area contributed by atoms with Gasteiger partial charge >= 0.3 is 0 Å². The van der Waals surface area contributed by atoms with Crippen LogP contribution in [0, 0.1) is 11.7 Å². The zero-order valence-electron chi connectivity index (χ0n) is 6.67. The average molecular weight is 166 g/mol. The third-order valence-corrected chi connectivity index (χ3v) is 1.65. The Balaban J connectivity index is 2.89. The number of halogens is 1. The molecule has 12 heavy (non-hydrogen) atoms. The smallest absolute Gasteiger partial charge is 0.229 e. The molecule has 1 rings (SSSR count). The van der Waals surface area contributed by atoms with Gasteiger partial charge in [0.2, 0.25) is 5.91 Å². The van der Waals surface area contributed by atoms with Crippen molar-refractivity contribution < 1.29 is 9.18 Å². The van der Waals surface area contributed by atoms with E-state index >= 15 is 0 Å². The Morgan fingerprint density at radius 2 is 1.83 bits per heavy atom. The number of carbonyl (C=O) groups is 1. The van der Waals surface area contributed by atoms with Crippen LogP contribution >= 0.6 is 0 Å². The molecule has 0 fully saturated rings. The van der Waals surface area contributed by atoms with Gasteiger partial charge in [-0.2, -0.15) is 0 Å². The molecule has 1 aromatic rings. The molecule has 0 spiro atoms. The van der Waals surface area contributed by atoms with E-state index in [1.807, 2.05) is 0 Å². The lowest BCUT2D eigenvalue weighted by Gasteiger charge is -2.05. The first-order chi connectivity index (χ1) is 5.61. The molecule has 0 saturated heterocycles. The second kappa shape index (κ2) is 3.34. The van der Waals surface area contributed by atoms with Gasteiger partial charge in [0.05, 0.1) is 5.92 Å². The Labute approximate surface area is 70.2 Å². The molecule has 0 aromatic heterocycles. The van der Waals surface area contributed by atoms with E-state index in [0.717, 1.165) is 0 Å². The molecule has 2 N–H and O–H groups in total. The maximum absolute atomic E-state index is 12.4. The lowest BCUT2D eigenvalue weighted by molar-refractivity contribution is -0.115. The SMILES string of the molecule is C[C](C(N)=O)c1ccc(F)cc1. The Hall–Kier alpha value is -1.38. The van der Waals surface area contributed by atoms with E-state index in [9.17, 15) is 9.18 Å². The van der Waals surface area contributed by atoms with Crippen molar-refractivity contribution in [2.24, 2.45) is 5.73 Å². The topological polar surface area (TPSA) is 43.1 Å². The minimum atomic E-state index is -0.485. The van der Waals surface area contributed by atoms with Crippen LogP contribution in [0.5, 0.6) is 0 Å². The number of nitrogens with two attached hydrogens (primary N) is 1. The van der Waals surface area contributed by atoms with Crippen molar-refractivity contribution in [1.82, 2.24) is 0 Å². The van der Waals surface area contributed by atoms with Crippen molar-refractivity contribution >= 4 is 5.91 Å². The van der Waals surface area contributed by atoms with Crippen LogP contribution in [0.25, 0.3) is 0 Å². The Kier molecular flexibility index (Phi) is 2.43. The van der Waals surface area contributed by atoms with E-state index in [1.54, 1.807) is 6.92 Å². The fourth-order valence-corrected chi connectivity index (χ4v) is 0.842. The summed E-state index contributed by atoms with van der Waals surface area (Å²) < 4.78 is 12.4. The molecule has 0 atom stereocenters. The van der Waals surface area contributed by atoms with Crippen LogP contribution in [0.2, 0.25) is 0 Å². The summed E-state index contributed by atoms with van der Waals surface area (Å²) in [5.41, 5.74) is 5.69. The number of hydrogen-bond donors (Lipinski definition) is 1. The molecule has 3 heteroatoms. The minimum absolute atomic E-state index is 0.323. The minimum Gasteiger partial charge on any atom is -0.369 e. The summed E-state index contributed by atoms with van der Waals surface area (Å²) in [6, 6.07) is 5.63. The van der Waals surface area contributed by atoms with Gasteiger partial charge in [0.15, 0.2) is 0 Å². The maximum atomic E-state index is 12.4. The van der Waals surface area contributed by atoms with Gasteiger partial charge in [-0.3, -0.25) is 4.79 Å². The molecular weight excluding hydrogens is 157 g/mol. The molecule has 0 heterocycles. The monoisotopic (exact) mass is 166 g/mol. The molecule has 1 amide bonds. The highest BCUT2D eigenvalue weighted by Crippen LogP contribution is 2.13. The van der Waals surface area contributed by atoms with Crippen LogP contribution in [-0.2, 0) is 4.79 Å². The number of amides is 1. The van der Waals surface area contributed by atoms with Gasteiger partial charge in [-0.05, 0) is 24.6 Å². The van der Waals surface area contributed by atoms with Gasteiger partial charge in [-0.1, -0.05) is 12.1 Å². The molecule has 0 unspecified atom stereocenters. The molecule has 2 nitrogen and oxygen atoms in total. The van der Waals surface area contributed by atoms with Gasteiger partial charge in [-0.15, -0.1) is 0 Å². The van der Waals surface area contributed by atoms with Crippen molar-refractivity contribution in [2.45, 2.75) is 6.92 Å². The van der Waals surface area contributed by atoms with E-state index in [-0.39, 0.29) is 5.82 Å². The molecule has 63 valence electrons. The fraction of sp³-hybridized carbons (Fsp3) is 0.111. The molecule has 0 bridgehead atoms. The van der Waals surface area contributed by atoms with Crippen molar-refractivity contribution in [3.63, 3.8) is 0 Å². The van der Waals surface area contributed by atoms with E-state index in [0.29, 0.717) is 11.5 Å². The normalized spacial score (nSPS) is 10.2. The predicted molar refractivity (Wildman–Crippen MR) is 43.6 cm³/mol. The van der Waals surface area contributed by atoms with Gasteiger partial charge < -0.3 is 5.73 Å². The Bertz CT molecular complexity index is 281. The van der Waals surface area contributed by atoms with E-state index in [1.165, 1.54) is 24.3 Å². The largest absolute Gasteiger partial charge is 0.369 e. The number of primary amides is 1. The summed E-state index contributed by atoms with van der Waals surface area (Å²) in [6.07, 6.45) is 0. The van der Waals surface area contributed by atoms with Crippen LogP contribution in [-0.4, -0.2) is 5.91 Å². The quantitative estimate of drug-likeness (QED) is 0.706. The molecule has 1 radical (unpaired) electrons. The van der Waals surface area contributed by atoms with Crippen LogP contribution < -0.4 is 5.73 Å². The molecular formula is C9H9FNO. The first kappa shape index (κ1) is 8.71. The van der Waals surface area contributed by atoms with Crippen molar-refractivity contribution in [3.05, 3.63) is 41.6 Å². The summed E-state index contributed by atoms with van der Waals surface area (Å²) in [5.74, 6) is -0.368. The molecule has 0 aliphatic rings. The molecule has 0 saturated carbocycles. The maximum Gasteiger partial charge on any atom is 0.229 e. The van der Waals surface area contributed by atoms with E-state index in [4.69, 9.17) is 5.73 Å². The predicted octanol–water partition coefficient (Wildman–Crippen LogP) is 1.25. The average Bonchev–Trinajstić information content (AvgIpc) is 2.04. The molecule has 0 aliphatic carbocycles. The summed E-state index contributed by atoms with van der Waals surface area (Å²) >= 11 is 0.